The number of thiazole rings is 1. The van der Waals surface area contributed by atoms with Crippen LogP contribution in [-0.4, -0.2) is 48.0 Å². The van der Waals surface area contributed by atoms with Gasteiger partial charge in [-0.1, -0.05) is 6.42 Å². The summed E-state index contributed by atoms with van der Waals surface area (Å²) >= 11 is 1.67. The maximum atomic E-state index is 12.0. The van der Waals surface area contributed by atoms with Gasteiger partial charge in [-0.25, -0.2) is 4.98 Å². The average molecular weight is 365 g/mol. The summed E-state index contributed by atoms with van der Waals surface area (Å²) < 4.78 is 5.20. The fourth-order valence-corrected chi connectivity index (χ4v) is 4.23. The molecule has 7 heteroatoms. The average Bonchev–Trinajstić information content (AvgIpc) is 3.05. The Kier molecular flexibility index (Phi) is 6.42. The first-order chi connectivity index (χ1) is 12.2. The zero-order chi connectivity index (χ0) is 17.6. The summed E-state index contributed by atoms with van der Waals surface area (Å²) in [5.41, 5.74) is 0.947. The SMILES string of the molecule is CCOCC(=O)N1CCC(c2nc(CNC(=O)C3CCC3)cs2)CC1. The van der Waals surface area contributed by atoms with E-state index in [1.54, 1.807) is 11.3 Å². The van der Waals surface area contributed by atoms with Gasteiger partial charge in [0.25, 0.3) is 0 Å². The minimum atomic E-state index is 0.0823. The van der Waals surface area contributed by atoms with Crippen molar-refractivity contribution in [2.75, 3.05) is 26.3 Å². The maximum Gasteiger partial charge on any atom is 0.248 e. The summed E-state index contributed by atoms with van der Waals surface area (Å²) in [6.45, 7) is 4.71. The molecule has 1 aromatic rings. The first kappa shape index (κ1) is 18.3. The van der Waals surface area contributed by atoms with E-state index in [1.165, 1.54) is 6.42 Å². The number of piperidine rings is 1. The van der Waals surface area contributed by atoms with E-state index < -0.39 is 0 Å². The van der Waals surface area contributed by atoms with E-state index in [0.717, 1.165) is 49.5 Å². The van der Waals surface area contributed by atoms with E-state index in [0.29, 0.717) is 19.1 Å². The molecule has 0 bridgehead atoms. The van der Waals surface area contributed by atoms with Crippen molar-refractivity contribution in [3.05, 3.63) is 16.1 Å². The predicted molar refractivity (Wildman–Crippen MR) is 96.3 cm³/mol. The summed E-state index contributed by atoms with van der Waals surface area (Å²) in [7, 11) is 0. The Bertz CT molecular complexity index is 592. The monoisotopic (exact) mass is 365 g/mol. The highest BCUT2D eigenvalue weighted by Crippen LogP contribution is 2.30. The van der Waals surface area contributed by atoms with Gasteiger partial charge in [-0.3, -0.25) is 9.59 Å². The summed E-state index contributed by atoms with van der Waals surface area (Å²) in [4.78, 5) is 30.5. The number of hydrogen-bond donors (Lipinski definition) is 1. The Balaban J connectivity index is 1.43. The maximum absolute atomic E-state index is 12.0. The first-order valence-electron chi connectivity index (χ1n) is 9.25. The quantitative estimate of drug-likeness (QED) is 0.805. The molecule has 0 spiro atoms. The molecule has 2 aliphatic rings. The molecule has 1 saturated heterocycles. The largest absolute Gasteiger partial charge is 0.372 e. The van der Waals surface area contributed by atoms with Gasteiger partial charge in [0.2, 0.25) is 11.8 Å². The van der Waals surface area contributed by atoms with Gasteiger partial charge in [0.1, 0.15) is 6.61 Å². The molecule has 1 saturated carbocycles. The van der Waals surface area contributed by atoms with Crippen LogP contribution in [0.4, 0.5) is 0 Å². The highest BCUT2D eigenvalue weighted by atomic mass is 32.1. The van der Waals surface area contributed by atoms with E-state index in [1.807, 2.05) is 17.2 Å². The molecule has 2 heterocycles. The van der Waals surface area contributed by atoms with Crippen molar-refractivity contribution >= 4 is 23.2 Å². The van der Waals surface area contributed by atoms with E-state index in [-0.39, 0.29) is 24.3 Å². The van der Waals surface area contributed by atoms with Gasteiger partial charge in [0.15, 0.2) is 0 Å². The van der Waals surface area contributed by atoms with Gasteiger partial charge in [-0.15, -0.1) is 11.3 Å². The summed E-state index contributed by atoms with van der Waals surface area (Å²) in [5.74, 6) is 0.884. The van der Waals surface area contributed by atoms with E-state index >= 15 is 0 Å². The van der Waals surface area contributed by atoms with E-state index in [4.69, 9.17) is 9.72 Å². The van der Waals surface area contributed by atoms with Crippen LogP contribution in [0.5, 0.6) is 0 Å². The Morgan fingerprint density at radius 2 is 2.08 bits per heavy atom. The number of carbonyl (C=O) groups excluding carboxylic acids is 2. The lowest BCUT2D eigenvalue weighted by atomic mass is 9.85. The van der Waals surface area contributed by atoms with Crippen molar-refractivity contribution in [2.24, 2.45) is 5.92 Å². The normalized spacial score (nSPS) is 18.8. The minimum absolute atomic E-state index is 0.0823. The Hall–Kier alpha value is -1.47. The van der Waals surface area contributed by atoms with Crippen molar-refractivity contribution in [3.8, 4) is 0 Å². The second-order valence-electron chi connectivity index (χ2n) is 6.81. The number of amides is 2. The molecule has 0 radical (unpaired) electrons. The molecule has 1 N–H and O–H groups in total. The lowest BCUT2D eigenvalue weighted by Gasteiger charge is -2.31. The molecule has 2 fully saturated rings. The molecule has 6 nitrogen and oxygen atoms in total. The zero-order valence-corrected chi connectivity index (χ0v) is 15.6. The number of carbonyl (C=O) groups is 2. The van der Waals surface area contributed by atoms with Crippen molar-refractivity contribution in [1.82, 2.24) is 15.2 Å². The van der Waals surface area contributed by atoms with Crippen LogP contribution in [0.25, 0.3) is 0 Å². The molecule has 0 aromatic carbocycles. The predicted octanol–water partition coefficient (Wildman–Crippen LogP) is 2.30. The van der Waals surface area contributed by atoms with Gasteiger partial charge < -0.3 is 15.0 Å². The Morgan fingerprint density at radius 1 is 1.32 bits per heavy atom. The number of nitrogens with zero attached hydrogens (tertiary/aromatic N) is 2. The third-order valence-corrected chi connectivity index (χ3v) is 6.17. The molecule has 25 heavy (non-hydrogen) atoms. The molecule has 1 aliphatic carbocycles. The Morgan fingerprint density at radius 3 is 2.72 bits per heavy atom. The second-order valence-corrected chi connectivity index (χ2v) is 7.70. The van der Waals surface area contributed by atoms with Crippen molar-refractivity contribution in [2.45, 2.75) is 51.5 Å². The van der Waals surface area contributed by atoms with Gasteiger partial charge in [0.05, 0.1) is 17.2 Å². The summed E-state index contributed by atoms with van der Waals surface area (Å²) in [5, 5.41) is 6.17. The molecule has 3 rings (SSSR count). The fourth-order valence-electron chi connectivity index (χ4n) is 3.24. The third kappa shape index (κ3) is 4.79. The van der Waals surface area contributed by atoms with Crippen LogP contribution in [0.2, 0.25) is 0 Å². The van der Waals surface area contributed by atoms with Crippen LogP contribution in [0, 0.1) is 5.92 Å². The van der Waals surface area contributed by atoms with Crippen LogP contribution >= 0.6 is 11.3 Å². The molecular formula is C18H27N3O3S. The van der Waals surface area contributed by atoms with Crippen LogP contribution in [0.15, 0.2) is 5.38 Å². The highest BCUT2D eigenvalue weighted by Gasteiger charge is 2.27. The van der Waals surface area contributed by atoms with Crippen LogP contribution in [-0.2, 0) is 20.9 Å². The van der Waals surface area contributed by atoms with Crippen molar-refractivity contribution in [1.29, 1.82) is 0 Å². The van der Waals surface area contributed by atoms with Crippen LogP contribution in [0.1, 0.15) is 55.6 Å². The van der Waals surface area contributed by atoms with Gasteiger partial charge in [-0.2, -0.15) is 0 Å². The highest BCUT2D eigenvalue weighted by molar-refractivity contribution is 7.09. The molecular weight excluding hydrogens is 338 g/mol. The number of aromatic nitrogens is 1. The number of hydrogen-bond acceptors (Lipinski definition) is 5. The van der Waals surface area contributed by atoms with Gasteiger partial charge in [0, 0.05) is 36.9 Å². The third-order valence-electron chi connectivity index (χ3n) is 5.12. The van der Waals surface area contributed by atoms with Gasteiger partial charge in [-0.05, 0) is 32.6 Å². The number of rotatable bonds is 7. The standard InChI is InChI=1S/C18H27N3O3S/c1-2-24-11-16(22)21-8-6-14(7-9-21)18-20-15(12-25-18)10-19-17(23)13-4-3-5-13/h12-14H,2-11H2,1H3,(H,19,23). The summed E-state index contributed by atoms with van der Waals surface area (Å²) in [6, 6.07) is 0. The number of nitrogens with one attached hydrogen (secondary N) is 1. The van der Waals surface area contributed by atoms with E-state index in [2.05, 4.69) is 5.32 Å². The fraction of sp³-hybridized carbons (Fsp3) is 0.722. The van der Waals surface area contributed by atoms with E-state index in [9.17, 15) is 9.59 Å². The first-order valence-corrected chi connectivity index (χ1v) is 10.1. The topological polar surface area (TPSA) is 71.5 Å². The minimum Gasteiger partial charge on any atom is -0.372 e. The number of ether oxygens (including phenoxy) is 1. The van der Waals surface area contributed by atoms with Crippen molar-refractivity contribution < 1.29 is 14.3 Å². The number of likely N-dealkylation sites (tertiary alicyclic amines) is 1. The lowest BCUT2D eigenvalue weighted by Crippen LogP contribution is -2.40. The molecule has 2 amide bonds. The van der Waals surface area contributed by atoms with Crippen LogP contribution < -0.4 is 5.32 Å². The summed E-state index contributed by atoms with van der Waals surface area (Å²) in [6.07, 6.45) is 5.10. The molecule has 1 aromatic heterocycles. The molecule has 0 atom stereocenters. The second kappa shape index (κ2) is 8.76. The molecule has 0 unspecified atom stereocenters. The zero-order valence-electron chi connectivity index (χ0n) is 14.8. The molecule has 138 valence electrons. The smallest absolute Gasteiger partial charge is 0.248 e. The van der Waals surface area contributed by atoms with Gasteiger partial charge >= 0.3 is 0 Å². The van der Waals surface area contributed by atoms with Crippen LogP contribution in [0.3, 0.4) is 0 Å². The lowest BCUT2D eigenvalue weighted by molar-refractivity contribution is -0.137. The Labute approximate surface area is 153 Å². The van der Waals surface area contributed by atoms with Crippen molar-refractivity contribution in [3.63, 3.8) is 0 Å². The molecule has 1 aliphatic heterocycles.